The normalized spacial score (nSPS) is 21.2. The van der Waals surface area contributed by atoms with Crippen LogP contribution in [0.15, 0.2) is 53.7 Å². The largest absolute Gasteiger partial charge is 0.382 e. The van der Waals surface area contributed by atoms with E-state index < -0.39 is 15.9 Å². The van der Waals surface area contributed by atoms with Gasteiger partial charge < -0.3 is 16.4 Å². The Morgan fingerprint density at radius 2 is 1.68 bits per heavy atom. The number of fused-ring (bicyclic) bond motifs is 3. The molecule has 12 heteroatoms. The third-order valence-electron chi connectivity index (χ3n) is 7.62. The second kappa shape index (κ2) is 8.76. The minimum atomic E-state index is -3.74. The maximum atomic E-state index is 13.3. The second-order valence-electron chi connectivity index (χ2n) is 10.0. The predicted molar refractivity (Wildman–Crippen MR) is 139 cm³/mol. The van der Waals surface area contributed by atoms with Gasteiger partial charge in [0.05, 0.1) is 17.6 Å². The van der Waals surface area contributed by atoms with Crippen LogP contribution in [-0.2, 0) is 9.84 Å². The third kappa shape index (κ3) is 3.95. The number of rotatable bonds is 4. The SMILES string of the molecule is CS(=O)(=O)c1c([C@H]2C[C@H]3CC[C@@H](C2)N3C(N)=O)nc2c(-c3ccc(-c4ccc(F)cc4)nc3)cnn2c1N. The number of halogens is 1. The Morgan fingerprint density at radius 1 is 1.03 bits per heavy atom. The van der Waals surface area contributed by atoms with E-state index in [0.717, 1.165) is 30.2 Å². The molecule has 0 unspecified atom stereocenters. The monoisotopic (exact) mass is 535 g/mol. The highest BCUT2D eigenvalue weighted by Crippen LogP contribution is 2.45. The molecule has 2 fully saturated rings. The van der Waals surface area contributed by atoms with Crippen molar-refractivity contribution >= 4 is 27.3 Å². The Bertz CT molecular complexity index is 1660. The van der Waals surface area contributed by atoms with Crippen LogP contribution < -0.4 is 11.5 Å². The standard InChI is InChI=1S/C26H26FN7O3S/c1-38(36,37)23-22(16-10-18-7-8-19(11-16)33(18)26(29)35)32-25-20(13-31-34(25)24(23)28)15-4-9-21(30-12-15)14-2-5-17(27)6-3-14/h2-6,9,12-13,16,18-19H,7-8,10-11,28H2,1H3,(H2,29,35)/t16-,18+,19-. The molecule has 2 bridgehead atoms. The molecule has 2 saturated heterocycles. The van der Waals surface area contributed by atoms with Crippen LogP contribution >= 0.6 is 0 Å². The molecule has 2 amide bonds. The van der Waals surface area contributed by atoms with E-state index >= 15 is 0 Å². The fourth-order valence-electron chi connectivity index (χ4n) is 5.98. The summed E-state index contributed by atoms with van der Waals surface area (Å²) in [6, 6.07) is 9.18. The number of nitrogens with zero attached hydrogens (tertiary/aromatic N) is 5. The number of nitrogens with two attached hydrogens (primary N) is 2. The number of anilines is 1. The molecule has 196 valence electrons. The number of primary amides is 1. The fraction of sp³-hybridized carbons (Fsp3) is 0.308. The zero-order chi connectivity index (χ0) is 26.8. The first-order chi connectivity index (χ1) is 18.1. The molecule has 3 atom stereocenters. The molecule has 6 rings (SSSR count). The van der Waals surface area contributed by atoms with E-state index in [1.54, 1.807) is 29.4 Å². The Kier molecular flexibility index (Phi) is 5.60. The van der Waals surface area contributed by atoms with Crippen molar-refractivity contribution in [3.8, 4) is 22.4 Å². The fourth-order valence-corrected chi connectivity index (χ4v) is 7.04. The Hall–Kier alpha value is -4.06. The number of carbonyl (C=O) groups excluding carboxylic acids is 1. The number of amides is 2. The molecular formula is C26H26FN7O3S. The van der Waals surface area contributed by atoms with Crippen LogP contribution in [-0.4, -0.2) is 57.3 Å². The lowest BCUT2D eigenvalue weighted by Crippen LogP contribution is -2.48. The molecule has 0 saturated carbocycles. The van der Waals surface area contributed by atoms with Crippen molar-refractivity contribution in [2.75, 3.05) is 12.0 Å². The van der Waals surface area contributed by atoms with Gasteiger partial charge in [-0.05, 0) is 56.0 Å². The number of sulfone groups is 1. The first-order valence-corrected chi connectivity index (χ1v) is 14.2. The van der Waals surface area contributed by atoms with Crippen molar-refractivity contribution in [3.05, 3.63) is 60.3 Å². The summed E-state index contributed by atoms with van der Waals surface area (Å²) in [5.41, 5.74) is 15.7. The van der Waals surface area contributed by atoms with E-state index in [9.17, 15) is 17.6 Å². The van der Waals surface area contributed by atoms with Gasteiger partial charge in [0.2, 0.25) is 0 Å². The minimum Gasteiger partial charge on any atom is -0.382 e. The Morgan fingerprint density at radius 3 is 2.26 bits per heavy atom. The van der Waals surface area contributed by atoms with Crippen molar-refractivity contribution < 1.29 is 17.6 Å². The molecule has 5 heterocycles. The number of hydrogen-bond donors (Lipinski definition) is 2. The molecule has 0 aliphatic carbocycles. The predicted octanol–water partition coefficient (Wildman–Crippen LogP) is 3.37. The van der Waals surface area contributed by atoms with Crippen molar-refractivity contribution in [2.45, 2.75) is 48.6 Å². The highest BCUT2D eigenvalue weighted by molar-refractivity contribution is 7.91. The summed E-state index contributed by atoms with van der Waals surface area (Å²) in [4.78, 5) is 23.1. The average molecular weight is 536 g/mol. The van der Waals surface area contributed by atoms with Crippen molar-refractivity contribution in [2.24, 2.45) is 5.73 Å². The van der Waals surface area contributed by atoms with Gasteiger partial charge in [0.25, 0.3) is 0 Å². The maximum Gasteiger partial charge on any atom is 0.315 e. The number of pyridine rings is 1. The lowest BCUT2D eigenvalue weighted by molar-refractivity contribution is 0.144. The zero-order valence-electron chi connectivity index (χ0n) is 20.6. The summed E-state index contributed by atoms with van der Waals surface area (Å²) >= 11 is 0. The number of carbonyl (C=O) groups is 1. The summed E-state index contributed by atoms with van der Waals surface area (Å²) in [7, 11) is -3.74. The van der Waals surface area contributed by atoms with Gasteiger partial charge in [-0.3, -0.25) is 4.98 Å². The topological polar surface area (TPSA) is 150 Å². The van der Waals surface area contributed by atoms with Gasteiger partial charge in [0.15, 0.2) is 15.5 Å². The number of aromatic nitrogens is 4. The second-order valence-corrected chi connectivity index (χ2v) is 12.0. The number of nitrogen functional groups attached to an aromatic ring is 1. The number of benzene rings is 1. The summed E-state index contributed by atoms with van der Waals surface area (Å²) in [6.45, 7) is 0. The summed E-state index contributed by atoms with van der Waals surface area (Å²) < 4.78 is 40.4. The average Bonchev–Trinajstić information content (AvgIpc) is 3.42. The van der Waals surface area contributed by atoms with Gasteiger partial charge in [-0.25, -0.2) is 22.6 Å². The molecule has 2 aliphatic heterocycles. The summed E-state index contributed by atoms with van der Waals surface area (Å²) in [6.07, 6.45) is 7.13. The van der Waals surface area contributed by atoms with Gasteiger partial charge in [-0.1, -0.05) is 6.07 Å². The van der Waals surface area contributed by atoms with Gasteiger partial charge in [-0.2, -0.15) is 9.61 Å². The van der Waals surface area contributed by atoms with E-state index in [1.165, 1.54) is 16.6 Å². The molecule has 10 nitrogen and oxygen atoms in total. The minimum absolute atomic E-state index is 0.000630. The van der Waals surface area contributed by atoms with Crippen molar-refractivity contribution in [3.63, 3.8) is 0 Å². The van der Waals surface area contributed by atoms with Crippen LogP contribution in [0, 0.1) is 5.82 Å². The van der Waals surface area contributed by atoms with Crippen molar-refractivity contribution in [1.29, 1.82) is 0 Å². The molecule has 4 aromatic rings. The highest BCUT2D eigenvalue weighted by Gasteiger charge is 2.44. The quantitative estimate of drug-likeness (QED) is 0.407. The molecule has 3 aromatic heterocycles. The summed E-state index contributed by atoms with van der Waals surface area (Å²) in [5.74, 6) is -0.529. The van der Waals surface area contributed by atoms with Gasteiger partial charge in [-0.15, -0.1) is 0 Å². The molecular weight excluding hydrogens is 509 g/mol. The smallest absolute Gasteiger partial charge is 0.315 e. The van der Waals surface area contributed by atoms with Crippen LogP contribution in [0.3, 0.4) is 0 Å². The van der Waals surface area contributed by atoms with Gasteiger partial charge in [0.1, 0.15) is 16.5 Å². The van der Waals surface area contributed by atoms with Gasteiger partial charge in [0, 0.05) is 47.1 Å². The van der Waals surface area contributed by atoms with E-state index in [1.807, 2.05) is 12.1 Å². The van der Waals surface area contributed by atoms with Gasteiger partial charge >= 0.3 is 6.03 Å². The zero-order valence-corrected chi connectivity index (χ0v) is 21.4. The molecule has 1 aromatic carbocycles. The van der Waals surface area contributed by atoms with Crippen LogP contribution in [0.4, 0.5) is 15.0 Å². The van der Waals surface area contributed by atoms with Crippen LogP contribution in [0.2, 0.25) is 0 Å². The lowest BCUT2D eigenvalue weighted by Gasteiger charge is -2.38. The molecule has 0 radical (unpaired) electrons. The maximum absolute atomic E-state index is 13.3. The lowest BCUT2D eigenvalue weighted by atomic mass is 9.88. The van der Waals surface area contributed by atoms with E-state index in [0.29, 0.717) is 35.4 Å². The number of hydrogen-bond acceptors (Lipinski definition) is 7. The van der Waals surface area contributed by atoms with E-state index in [2.05, 4.69) is 10.1 Å². The first-order valence-electron chi connectivity index (χ1n) is 12.3. The third-order valence-corrected chi connectivity index (χ3v) is 8.78. The number of piperidine rings is 1. The molecule has 38 heavy (non-hydrogen) atoms. The van der Waals surface area contributed by atoms with E-state index in [-0.39, 0.29) is 34.5 Å². The summed E-state index contributed by atoms with van der Waals surface area (Å²) in [5, 5.41) is 4.35. The number of urea groups is 1. The van der Waals surface area contributed by atoms with Crippen LogP contribution in [0.5, 0.6) is 0 Å². The highest BCUT2D eigenvalue weighted by atomic mass is 32.2. The Labute approximate surface area is 218 Å². The van der Waals surface area contributed by atoms with Crippen LogP contribution in [0.1, 0.15) is 37.3 Å². The molecule has 2 aliphatic rings. The van der Waals surface area contributed by atoms with E-state index in [4.69, 9.17) is 16.5 Å². The van der Waals surface area contributed by atoms with Crippen LogP contribution in [0.25, 0.3) is 28.0 Å². The molecule has 4 N–H and O–H groups in total. The Balaban J connectivity index is 1.44. The first kappa shape index (κ1) is 24.3. The molecule has 0 spiro atoms. The van der Waals surface area contributed by atoms with Crippen molar-refractivity contribution in [1.82, 2.24) is 24.5 Å².